The second-order valence-electron chi connectivity index (χ2n) is 5.50. The van der Waals surface area contributed by atoms with Crippen LogP contribution in [0.15, 0.2) is 48.5 Å². The van der Waals surface area contributed by atoms with E-state index in [0.717, 1.165) is 12.8 Å². The van der Waals surface area contributed by atoms with E-state index in [-0.39, 0.29) is 11.8 Å². The van der Waals surface area contributed by atoms with Crippen LogP contribution >= 0.6 is 0 Å². The molecule has 21 heavy (non-hydrogen) atoms. The Morgan fingerprint density at radius 1 is 1.05 bits per heavy atom. The second-order valence-corrected chi connectivity index (χ2v) is 7.25. The van der Waals surface area contributed by atoms with Crippen molar-refractivity contribution in [2.75, 3.05) is 5.73 Å². The van der Waals surface area contributed by atoms with Crippen LogP contribution in [0.5, 0.6) is 0 Å². The van der Waals surface area contributed by atoms with Crippen molar-refractivity contribution in [2.24, 2.45) is 0 Å². The standard InChI is InChI=1S/C16H18N2O2S/c17-15-7-3-4-12(8-15)11-21(19,20)18-16-9-13-5-1-2-6-14(13)10-16/h1-8,16,18H,9-11,17H2. The molecule has 2 aromatic rings. The topological polar surface area (TPSA) is 72.2 Å². The predicted molar refractivity (Wildman–Crippen MR) is 84.3 cm³/mol. The van der Waals surface area contributed by atoms with Gasteiger partial charge in [0, 0.05) is 11.7 Å². The zero-order valence-corrected chi connectivity index (χ0v) is 12.4. The molecule has 0 bridgehead atoms. The molecule has 5 heteroatoms. The highest BCUT2D eigenvalue weighted by molar-refractivity contribution is 7.88. The Bertz CT molecular complexity index is 731. The van der Waals surface area contributed by atoms with Crippen molar-refractivity contribution >= 4 is 15.7 Å². The molecule has 1 aliphatic rings. The van der Waals surface area contributed by atoms with Crippen LogP contribution in [-0.4, -0.2) is 14.5 Å². The van der Waals surface area contributed by atoms with E-state index in [1.54, 1.807) is 24.3 Å². The highest BCUT2D eigenvalue weighted by atomic mass is 32.2. The number of nitrogens with two attached hydrogens (primary N) is 1. The first-order valence-electron chi connectivity index (χ1n) is 6.93. The number of hydrogen-bond acceptors (Lipinski definition) is 3. The Morgan fingerprint density at radius 2 is 1.71 bits per heavy atom. The first-order chi connectivity index (χ1) is 10.0. The summed E-state index contributed by atoms with van der Waals surface area (Å²) in [6, 6.07) is 15.0. The quantitative estimate of drug-likeness (QED) is 0.847. The molecular formula is C16H18N2O2S. The van der Waals surface area contributed by atoms with Crippen LogP contribution in [0.3, 0.4) is 0 Å². The van der Waals surface area contributed by atoms with Crippen molar-refractivity contribution in [1.29, 1.82) is 0 Å². The number of hydrogen-bond donors (Lipinski definition) is 2. The molecule has 0 spiro atoms. The van der Waals surface area contributed by atoms with Crippen LogP contribution in [0.25, 0.3) is 0 Å². The third-order valence-corrected chi connectivity index (χ3v) is 5.11. The van der Waals surface area contributed by atoms with Crippen LogP contribution in [0.2, 0.25) is 0 Å². The fourth-order valence-corrected chi connectivity index (χ4v) is 4.22. The first kappa shape index (κ1) is 14.1. The minimum atomic E-state index is -3.36. The fraction of sp³-hybridized carbons (Fsp3) is 0.250. The Morgan fingerprint density at radius 3 is 2.33 bits per heavy atom. The molecule has 0 heterocycles. The smallest absolute Gasteiger partial charge is 0.216 e. The highest BCUT2D eigenvalue weighted by Gasteiger charge is 2.25. The van der Waals surface area contributed by atoms with Crippen molar-refractivity contribution < 1.29 is 8.42 Å². The molecule has 0 radical (unpaired) electrons. The lowest BCUT2D eigenvalue weighted by Gasteiger charge is -2.12. The van der Waals surface area contributed by atoms with Gasteiger partial charge in [0.25, 0.3) is 0 Å². The van der Waals surface area contributed by atoms with E-state index in [0.29, 0.717) is 11.3 Å². The van der Waals surface area contributed by atoms with Gasteiger partial charge in [0.05, 0.1) is 5.75 Å². The van der Waals surface area contributed by atoms with Gasteiger partial charge in [-0.1, -0.05) is 36.4 Å². The third kappa shape index (κ3) is 3.43. The van der Waals surface area contributed by atoms with Crippen molar-refractivity contribution in [3.63, 3.8) is 0 Å². The highest BCUT2D eigenvalue weighted by Crippen LogP contribution is 2.22. The van der Waals surface area contributed by atoms with Crippen molar-refractivity contribution in [2.45, 2.75) is 24.6 Å². The van der Waals surface area contributed by atoms with Gasteiger partial charge in [0.2, 0.25) is 10.0 Å². The van der Waals surface area contributed by atoms with Gasteiger partial charge < -0.3 is 5.73 Å². The number of nitrogen functional groups attached to an aromatic ring is 1. The normalized spacial score (nSPS) is 15.0. The number of rotatable bonds is 4. The molecule has 0 amide bonds. The van der Waals surface area contributed by atoms with E-state index in [1.807, 2.05) is 12.1 Å². The number of fused-ring (bicyclic) bond motifs is 1. The minimum Gasteiger partial charge on any atom is -0.399 e. The lowest BCUT2D eigenvalue weighted by molar-refractivity contribution is 0.555. The van der Waals surface area contributed by atoms with Crippen LogP contribution in [0, 0.1) is 0 Å². The largest absolute Gasteiger partial charge is 0.399 e. The maximum atomic E-state index is 12.3. The summed E-state index contributed by atoms with van der Waals surface area (Å²) >= 11 is 0. The van der Waals surface area contributed by atoms with Gasteiger partial charge in [0.1, 0.15) is 0 Å². The zero-order valence-electron chi connectivity index (χ0n) is 11.6. The van der Waals surface area contributed by atoms with Crippen LogP contribution in [0.4, 0.5) is 5.69 Å². The second kappa shape index (κ2) is 5.50. The first-order valence-corrected chi connectivity index (χ1v) is 8.58. The molecule has 3 rings (SSSR count). The molecule has 0 saturated carbocycles. The zero-order chi connectivity index (χ0) is 14.9. The average Bonchev–Trinajstić information content (AvgIpc) is 2.79. The summed E-state index contributed by atoms with van der Waals surface area (Å²) in [7, 11) is -3.36. The van der Waals surface area contributed by atoms with Gasteiger partial charge in [-0.05, 0) is 41.7 Å². The summed E-state index contributed by atoms with van der Waals surface area (Å²) in [6.07, 6.45) is 1.51. The average molecular weight is 302 g/mol. The summed E-state index contributed by atoms with van der Waals surface area (Å²) in [4.78, 5) is 0. The molecule has 0 saturated heterocycles. The van der Waals surface area contributed by atoms with Gasteiger partial charge in [0.15, 0.2) is 0 Å². The third-order valence-electron chi connectivity index (χ3n) is 3.70. The SMILES string of the molecule is Nc1cccc(CS(=O)(=O)NC2Cc3ccccc3C2)c1. The van der Waals surface area contributed by atoms with Crippen LogP contribution in [0.1, 0.15) is 16.7 Å². The Balaban J connectivity index is 1.68. The van der Waals surface area contributed by atoms with E-state index in [4.69, 9.17) is 5.73 Å². The molecule has 0 atom stereocenters. The minimum absolute atomic E-state index is 0.0368. The molecular weight excluding hydrogens is 284 g/mol. The molecule has 2 aromatic carbocycles. The fourth-order valence-electron chi connectivity index (χ4n) is 2.84. The Labute approximate surface area is 125 Å². The molecule has 110 valence electrons. The van der Waals surface area contributed by atoms with E-state index in [9.17, 15) is 8.42 Å². The van der Waals surface area contributed by atoms with E-state index < -0.39 is 10.0 Å². The summed E-state index contributed by atoms with van der Waals surface area (Å²) < 4.78 is 27.3. The maximum absolute atomic E-state index is 12.3. The van der Waals surface area contributed by atoms with Crippen LogP contribution in [-0.2, 0) is 28.6 Å². The summed E-state index contributed by atoms with van der Waals surface area (Å²) in [5.74, 6) is -0.0368. The lowest BCUT2D eigenvalue weighted by atomic mass is 10.1. The number of anilines is 1. The van der Waals surface area contributed by atoms with Crippen molar-refractivity contribution in [3.8, 4) is 0 Å². The molecule has 0 fully saturated rings. The Hall–Kier alpha value is -1.85. The van der Waals surface area contributed by atoms with Gasteiger partial charge in [-0.15, -0.1) is 0 Å². The van der Waals surface area contributed by atoms with E-state index in [2.05, 4.69) is 16.9 Å². The van der Waals surface area contributed by atoms with E-state index in [1.165, 1.54) is 11.1 Å². The number of nitrogens with one attached hydrogen (secondary N) is 1. The molecule has 0 aromatic heterocycles. The van der Waals surface area contributed by atoms with Gasteiger partial charge in [-0.25, -0.2) is 13.1 Å². The molecule has 4 nitrogen and oxygen atoms in total. The van der Waals surface area contributed by atoms with Crippen LogP contribution < -0.4 is 10.5 Å². The van der Waals surface area contributed by atoms with E-state index >= 15 is 0 Å². The maximum Gasteiger partial charge on any atom is 0.216 e. The van der Waals surface area contributed by atoms with Gasteiger partial charge >= 0.3 is 0 Å². The molecule has 1 aliphatic carbocycles. The number of sulfonamides is 1. The predicted octanol–water partition coefficient (Wildman–Crippen LogP) is 1.86. The van der Waals surface area contributed by atoms with Crippen molar-refractivity contribution in [3.05, 3.63) is 65.2 Å². The van der Waals surface area contributed by atoms with Gasteiger partial charge in [-0.3, -0.25) is 0 Å². The monoisotopic (exact) mass is 302 g/mol. The summed E-state index contributed by atoms with van der Waals surface area (Å²) in [5, 5.41) is 0. The lowest BCUT2D eigenvalue weighted by Crippen LogP contribution is -2.36. The van der Waals surface area contributed by atoms with Crippen molar-refractivity contribution in [1.82, 2.24) is 4.72 Å². The summed E-state index contributed by atoms with van der Waals surface area (Å²) in [6.45, 7) is 0. The molecule has 0 unspecified atom stereocenters. The molecule has 0 aliphatic heterocycles. The summed E-state index contributed by atoms with van der Waals surface area (Å²) in [5.41, 5.74) is 9.43. The Kier molecular flexibility index (Phi) is 3.69. The number of benzene rings is 2. The van der Waals surface area contributed by atoms with Gasteiger partial charge in [-0.2, -0.15) is 0 Å². The molecule has 3 N–H and O–H groups in total.